The van der Waals surface area contributed by atoms with E-state index >= 15 is 0 Å². The second-order valence-corrected chi connectivity index (χ2v) is 5.48. The first-order valence-electron chi connectivity index (χ1n) is 6.20. The van der Waals surface area contributed by atoms with Gasteiger partial charge in [0.05, 0.1) is 7.11 Å². The van der Waals surface area contributed by atoms with Crippen molar-refractivity contribution >= 4 is 0 Å². The highest BCUT2D eigenvalue weighted by Crippen LogP contribution is 2.17. The van der Waals surface area contributed by atoms with E-state index in [4.69, 9.17) is 4.74 Å². The van der Waals surface area contributed by atoms with Crippen LogP contribution in [0.1, 0.15) is 26.3 Å². The fourth-order valence-electron chi connectivity index (χ4n) is 1.91. The highest BCUT2D eigenvalue weighted by Gasteiger charge is 2.19. The zero-order valence-electron chi connectivity index (χ0n) is 11.6. The Kier molecular flexibility index (Phi) is 3.41. The molecule has 0 radical (unpaired) electrons. The second-order valence-electron chi connectivity index (χ2n) is 5.48. The van der Waals surface area contributed by atoms with Crippen molar-refractivity contribution in [3.8, 4) is 5.75 Å². The van der Waals surface area contributed by atoms with Crippen LogP contribution < -0.4 is 9.30 Å². The molecule has 0 fully saturated rings. The number of nitrogens with zero attached hydrogens (tertiary/aromatic N) is 2. The van der Waals surface area contributed by atoms with E-state index in [1.807, 2.05) is 18.2 Å². The van der Waals surface area contributed by atoms with Crippen LogP contribution in [0.15, 0.2) is 43.0 Å². The third-order valence-electron chi connectivity index (χ3n) is 3.01. The Hall–Kier alpha value is -1.77. The molecule has 1 aromatic carbocycles. The highest BCUT2D eigenvalue weighted by atomic mass is 16.5. The number of ether oxygens (including phenoxy) is 1. The van der Waals surface area contributed by atoms with E-state index in [0.29, 0.717) is 0 Å². The zero-order valence-corrected chi connectivity index (χ0v) is 11.6. The summed E-state index contributed by atoms with van der Waals surface area (Å²) in [6, 6.07) is 8.13. The minimum Gasteiger partial charge on any atom is -0.496 e. The molecule has 0 amide bonds. The summed E-state index contributed by atoms with van der Waals surface area (Å²) in [5.41, 5.74) is 1.31. The minimum absolute atomic E-state index is 0.117. The Morgan fingerprint density at radius 2 is 1.94 bits per heavy atom. The van der Waals surface area contributed by atoms with E-state index in [9.17, 15) is 0 Å². The van der Waals surface area contributed by atoms with Crippen LogP contribution in [-0.2, 0) is 12.1 Å². The lowest BCUT2D eigenvalue weighted by atomic mass is 10.1. The topological polar surface area (TPSA) is 18.0 Å². The average molecular weight is 245 g/mol. The third-order valence-corrected chi connectivity index (χ3v) is 3.01. The molecule has 0 N–H and O–H groups in total. The molecule has 18 heavy (non-hydrogen) atoms. The molecule has 96 valence electrons. The van der Waals surface area contributed by atoms with E-state index in [0.717, 1.165) is 12.3 Å². The van der Waals surface area contributed by atoms with E-state index in [1.165, 1.54) is 5.56 Å². The van der Waals surface area contributed by atoms with Crippen LogP contribution in [0.4, 0.5) is 0 Å². The maximum atomic E-state index is 5.37. The molecule has 0 saturated carbocycles. The molecule has 3 heteroatoms. The summed E-state index contributed by atoms with van der Waals surface area (Å²) in [5, 5.41) is 0. The van der Waals surface area contributed by atoms with Gasteiger partial charge in [-0.05, 0) is 26.8 Å². The standard InChI is InChI=1S/C15H21N2O/c1-15(2,3)17-10-9-16(12-17)11-13-7-5-6-8-14(13)18-4/h5-10,12H,11H2,1-4H3/q+1. The molecule has 0 unspecified atom stereocenters. The number of hydrogen-bond donors (Lipinski definition) is 0. The number of para-hydroxylation sites is 1. The predicted molar refractivity (Wildman–Crippen MR) is 71.7 cm³/mol. The van der Waals surface area contributed by atoms with Gasteiger partial charge in [-0.2, -0.15) is 0 Å². The molecule has 2 rings (SSSR count). The largest absolute Gasteiger partial charge is 0.496 e. The first kappa shape index (κ1) is 12.7. The Morgan fingerprint density at radius 3 is 2.56 bits per heavy atom. The van der Waals surface area contributed by atoms with Gasteiger partial charge in [0.2, 0.25) is 6.33 Å². The van der Waals surface area contributed by atoms with Crippen LogP contribution in [-0.4, -0.2) is 11.7 Å². The Morgan fingerprint density at radius 1 is 1.22 bits per heavy atom. The summed E-state index contributed by atoms with van der Waals surface area (Å²) in [7, 11) is 1.71. The van der Waals surface area contributed by atoms with Crippen LogP contribution in [0.25, 0.3) is 0 Å². The van der Waals surface area contributed by atoms with Gasteiger partial charge in [-0.3, -0.25) is 0 Å². The van der Waals surface area contributed by atoms with E-state index in [-0.39, 0.29) is 5.54 Å². The monoisotopic (exact) mass is 245 g/mol. The highest BCUT2D eigenvalue weighted by molar-refractivity contribution is 5.32. The Labute approximate surface area is 109 Å². The van der Waals surface area contributed by atoms with Crippen molar-refractivity contribution in [1.29, 1.82) is 0 Å². The molecule has 3 nitrogen and oxygen atoms in total. The lowest BCUT2D eigenvalue weighted by Gasteiger charge is -2.13. The summed E-state index contributed by atoms with van der Waals surface area (Å²) in [4.78, 5) is 0. The Bertz CT molecular complexity index is 523. The molecule has 1 heterocycles. The van der Waals surface area contributed by atoms with Gasteiger partial charge in [-0.15, -0.1) is 0 Å². The molecule has 0 bridgehead atoms. The van der Waals surface area contributed by atoms with Gasteiger partial charge < -0.3 is 4.74 Å². The lowest BCUT2D eigenvalue weighted by molar-refractivity contribution is -0.688. The van der Waals surface area contributed by atoms with Crippen molar-refractivity contribution in [2.45, 2.75) is 32.9 Å². The van der Waals surface area contributed by atoms with Crippen molar-refractivity contribution in [2.75, 3.05) is 7.11 Å². The average Bonchev–Trinajstić information content (AvgIpc) is 2.78. The first-order valence-corrected chi connectivity index (χ1v) is 6.20. The van der Waals surface area contributed by atoms with Crippen molar-refractivity contribution in [3.63, 3.8) is 0 Å². The zero-order chi connectivity index (χ0) is 13.2. The minimum atomic E-state index is 0.117. The number of methoxy groups -OCH3 is 1. The summed E-state index contributed by atoms with van der Waals surface area (Å²) in [6.45, 7) is 7.41. The molecular weight excluding hydrogens is 224 g/mol. The van der Waals surface area contributed by atoms with Gasteiger partial charge in [0.1, 0.15) is 30.2 Å². The van der Waals surface area contributed by atoms with Gasteiger partial charge >= 0.3 is 0 Å². The van der Waals surface area contributed by atoms with Crippen molar-refractivity contribution < 1.29 is 9.30 Å². The summed E-state index contributed by atoms with van der Waals surface area (Å²) < 4.78 is 9.75. The molecule has 0 aliphatic carbocycles. The number of imidazole rings is 1. The number of hydrogen-bond acceptors (Lipinski definition) is 1. The molecular formula is C15H21N2O+. The van der Waals surface area contributed by atoms with Gasteiger partial charge in [-0.1, -0.05) is 18.2 Å². The molecule has 0 spiro atoms. The van der Waals surface area contributed by atoms with Gasteiger partial charge in [-0.25, -0.2) is 9.13 Å². The molecule has 2 aromatic rings. The van der Waals surface area contributed by atoms with Crippen LogP contribution in [0.5, 0.6) is 5.75 Å². The lowest BCUT2D eigenvalue weighted by Crippen LogP contribution is -2.33. The summed E-state index contributed by atoms with van der Waals surface area (Å²) >= 11 is 0. The van der Waals surface area contributed by atoms with Crippen LogP contribution >= 0.6 is 0 Å². The van der Waals surface area contributed by atoms with Crippen LogP contribution in [0.3, 0.4) is 0 Å². The summed E-state index contributed by atoms with van der Waals surface area (Å²) in [5.74, 6) is 0.938. The van der Waals surface area contributed by atoms with Gasteiger partial charge in [0.15, 0.2) is 0 Å². The van der Waals surface area contributed by atoms with Crippen molar-refractivity contribution in [2.24, 2.45) is 0 Å². The van der Waals surface area contributed by atoms with Gasteiger partial charge in [0.25, 0.3) is 0 Å². The van der Waals surface area contributed by atoms with E-state index in [2.05, 4.69) is 54.7 Å². The van der Waals surface area contributed by atoms with E-state index < -0.39 is 0 Å². The fraction of sp³-hybridized carbons (Fsp3) is 0.400. The predicted octanol–water partition coefficient (Wildman–Crippen LogP) is 2.59. The number of benzene rings is 1. The van der Waals surface area contributed by atoms with Crippen LogP contribution in [0.2, 0.25) is 0 Å². The van der Waals surface area contributed by atoms with Crippen molar-refractivity contribution in [1.82, 2.24) is 4.57 Å². The molecule has 1 aromatic heterocycles. The normalized spacial score (nSPS) is 11.6. The quantitative estimate of drug-likeness (QED) is 0.760. The maximum absolute atomic E-state index is 5.37. The van der Waals surface area contributed by atoms with Crippen molar-refractivity contribution in [3.05, 3.63) is 48.5 Å². The molecule has 0 saturated heterocycles. The number of aromatic nitrogens is 2. The smallest absolute Gasteiger partial charge is 0.244 e. The molecule has 0 aliphatic heterocycles. The second kappa shape index (κ2) is 4.84. The molecule has 0 aliphatic rings. The van der Waals surface area contributed by atoms with Crippen LogP contribution in [0, 0.1) is 0 Å². The Balaban J connectivity index is 2.22. The van der Waals surface area contributed by atoms with E-state index in [1.54, 1.807) is 7.11 Å². The maximum Gasteiger partial charge on any atom is 0.244 e. The molecule has 0 atom stereocenters. The number of rotatable bonds is 3. The third kappa shape index (κ3) is 2.73. The SMILES string of the molecule is COc1ccccc1C[n+]1ccn(C(C)(C)C)c1. The van der Waals surface area contributed by atoms with Gasteiger partial charge in [0, 0.05) is 5.56 Å². The summed E-state index contributed by atoms with van der Waals surface area (Å²) in [6.07, 6.45) is 6.33. The first-order chi connectivity index (χ1) is 8.50. The fourth-order valence-corrected chi connectivity index (χ4v) is 1.91.